The van der Waals surface area contributed by atoms with Crippen LogP contribution in [0.5, 0.6) is 0 Å². The molecule has 2 aromatic carbocycles. The van der Waals surface area contributed by atoms with Crippen LogP contribution in [0.25, 0.3) is 11.3 Å². The van der Waals surface area contributed by atoms with E-state index in [0.29, 0.717) is 43.7 Å². The Kier molecular flexibility index (Phi) is 12.8. The highest BCUT2D eigenvalue weighted by molar-refractivity contribution is 5.88. The Hall–Kier alpha value is -3.86. The van der Waals surface area contributed by atoms with Crippen LogP contribution >= 0.6 is 0 Å². The largest absolute Gasteiger partial charge is 0.478 e. The minimum atomic E-state index is -4.45. The predicted molar refractivity (Wildman–Crippen MR) is 174 cm³/mol. The Balaban J connectivity index is 0.00000136. The lowest BCUT2D eigenvalue weighted by Crippen LogP contribution is -2.55. The van der Waals surface area contributed by atoms with Gasteiger partial charge in [-0.05, 0) is 63.2 Å². The highest BCUT2D eigenvalue weighted by Crippen LogP contribution is 2.34. The molecule has 1 N–H and O–H groups in total. The third kappa shape index (κ3) is 9.57. The number of rotatable bonds is 12. The number of aromatic nitrogens is 2. The fourth-order valence-corrected chi connectivity index (χ4v) is 5.16. The number of unbranched alkanes of at least 4 members (excludes halogenated alkanes) is 1. The molecule has 3 aromatic rings. The zero-order valence-corrected chi connectivity index (χ0v) is 27.7. The number of hydrogen-bond donors (Lipinski definition) is 1. The van der Waals surface area contributed by atoms with Crippen molar-refractivity contribution in [2.75, 3.05) is 31.6 Å². The van der Waals surface area contributed by atoms with Crippen molar-refractivity contribution in [3.05, 3.63) is 71.4 Å². The number of ether oxygens (including phenoxy) is 1. The number of carboxylic acids is 1. The van der Waals surface area contributed by atoms with Crippen LogP contribution in [0.3, 0.4) is 0 Å². The molecule has 8 nitrogen and oxygen atoms in total. The Morgan fingerprint density at radius 3 is 2.35 bits per heavy atom. The molecular formula is C35H47F3N4O4. The number of hydrogen-bond acceptors (Lipinski definition) is 6. The lowest BCUT2D eigenvalue weighted by atomic mass is 9.93. The molecule has 1 aliphatic heterocycles. The van der Waals surface area contributed by atoms with Gasteiger partial charge in [0.2, 0.25) is 0 Å². The third-order valence-electron chi connectivity index (χ3n) is 8.46. The van der Waals surface area contributed by atoms with Crippen LogP contribution in [0.4, 0.5) is 18.9 Å². The van der Waals surface area contributed by atoms with Crippen molar-refractivity contribution < 1.29 is 32.6 Å². The van der Waals surface area contributed by atoms with Crippen molar-refractivity contribution in [2.45, 2.75) is 91.1 Å². The number of carbonyl (C=O) groups excluding carboxylic acids is 1. The zero-order valence-electron chi connectivity index (χ0n) is 27.7. The van der Waals surface area contributed by atoms with Crippen LogP contribution in [0, 0.1) is 0 Å². The average molecular weight is 645 g/mol. The molecule has 1 aromatic heterocycles. The van der Waals surface area contributed by atoms with Crippen LogP contribution in [-0.4, -0.2) is 64.0 Å². The van der Waals surface area contributed by atoms with E-state index in [1.165, 1.54) is 31.0 Å². The first kappa shape index (κ1) is 36.6. The molecule has 2 unspecified atom stereocenters. The zero-order chi connectivity index (χ0) is 34.1. The van der Waals surface area contributed by atoms with E-state index < -0.39 is 23.3 Å². The standard InChI is InChI=1S/C31H37F3N4O4.C4H10/c1-5-21(3)38-18-24(28(35-38)23-8-7-9-25(16-23)31(32,33)34)17-36(4)15-14-30(6-2)20-37(19-27(39)42-30)26-12-10-22(11-13-26)29(40)41;1-3-4-2/h7-13,16,18,21H,5-6,14-15,17,19-20H2,1-4H3,(H,40,41);3-4H2,1-2H3. The number of alkyl halides is 3. The Labute approximate surface area is 270 Å². The van der Waals surface area contributed by atoms with Crippen LogP contribution in [0.15, 0.2) is 54.7 Å². The first-order valence-corrected chi connectivity index (χ1v) is 16.0. The summed E-state index contributed by atoms with van der Waals surface area (Å²) in [5.74, 6) is -1.37. The maximum absolute atomic E-state index is 13.4. The molecule has 2 atom stereocenters. The van der Waals surface area contributed by atoms with Crippen molar-refractivity contribution >= 4 is 17.6 Å². The smallest absolute Gasteiger partial charge is 0.416 e. The Morgan fingerprint density at radius 2 is 1.78 bits per heavy atom. The number of aromatic carboxylic acids is 1. The predicted octanol–water partition coefficient (Wildman–Crippen LogP) is 8.08. The van der Waals surface area contributed by atoms with Gasteiger partial charge < -0.3 is 19.6 Å². The highest BCUT2D eigenvalue weighted by atomic mass is 19.4. The third-order valence-corrected chi connectivity index (χ3v) is 8.46. The van der Waals surface area contributed by atoms with Gasteiger partial charge in [-0.15, -0.1) is 0 Å². The second kappa shape index (κ2) is 16.1. The summed E-state index contributed by atoms with van der Waals surface area (Å²) < 4.78 is 48.0. The van der Waals surface area contributed by atoms with Crippen LogP contribution in [-0.2, 0) is 22.3 Å². The maximum Gasteiger partial charge on any atom is 0.416 e. The number of esters is 1. The van der Waals surface area contributed by atoms with Crippen molar-refractivity contribution in [2.24, 2.45) is 0 Å². The van der Waals surface area contributed by atoms with Crippen molar-refractivity contribution in [3.63, 3.8) is 0 Å². The Morgan fingerprint density at radius 1 is 1.11 bits per heavy atom. The summed E-state index contributed by atoms with van der Waals surface area (Å²) in [6.45, 7) is 11.9. The van der Waals surface area contributed by atoms with Crippen molar-refractivity contribution in [1.29, 1.82) is 0 Å². The summed E-state index contributed by atoms with van der Waals surface area (Å²) in [7, 11) is 1.92. The van der Waals surface area contributed by atoms with Crippen LogP contribution in [0.1, 0.15) is 94.2 Å². The van der Waals surface area contributed by atoms with Gasteiger partial charge in [-0.25, -0.2) is 4.79 Å². The van der Waals surface area contributed by atoms with E-state index in [1.54, 1.807) is 18.2 Å². The van der Waals surface area contributed by atoms with E-state index in [0.717, 1.165) is 29.8 Å². The molecule has 1 saturated heterocycles. The summed E-state index contributed by atoms with van der Waals surface area (Å²) in [4.78, 5) is 27.9. The lowest BCUT2D eigenvalue weighted by Gasteiger charge is -2.43. The molecule has 4 rings (SSSR count). The lowest BCUT2D eigenvalue weighted by molar-refractivity contribution is -0.163. The Bertz CT molecular complexity index is 1440. The average Bonchev–Trinajstić information content (AvgIpc) is 3.46. The van der Waals surface area contributed by atoms with Crippen molar-refractivity contribution in [3.8, 4) is 11.3 Å². The summed E-state index contributed by atoms with van der Waals surface area (Å²) >= 11 is 0. The minimum Gasteiger partial charge on any atom is -0.478 e. The van der Waals surface area contributed by atoms with E-state index in [4.69, 9.17) is 4.74 Å². The fraction of sp³-hybridized carbons (Fsp3) is 0.514. The molecule has 1 aliphatic rings. The molecule has 0 aliphatic carbocycles. The summed E-state index contributed by atoms with van der Waals surface area (Å²) in [5, 5.41) is 13.9. The minimum absolute atomic E-state index is 0.0686. The first-order valence-electron chi connectivity index (χ1n) is 16.0. The van der Waals surface area contributed by atoms with Gasteiger partial charge in [0.1, 0.15) is 12.1 Å². The molecule has 252 valence electrons. The van der Waals surface area contributed by atoms with Gasteiger partial charge in [0.15, 0.2) is 0 Å². The second-order valence-electron chi connectivity index (χ2n) is 12.0. The van der Waals surface area contributed by atoms with Gasteiger partial charge in [0.25, 0.3) is 0 Å². The van der Waals surface area contributed by atoms with Gasteiger partial charge >= 0.3 is 18.1 Å². The van der Waals surface area contributed by atoms with Crippen LogP contribution < -0.4 is 4.90 Å². The summed E-state index contributed by atoms with van der Waals surface area (Å²) in [6, 6.07) is 11.7. The molecule has 46 heavy (non-hydrogen) atoms. The fourth-order valence-electron chi connectivity index (χ4n) is 5.16. The maximum atomic E-state index is 13.4. The highest BCUT2D eigenvalue weighted by Gasteiger charge is 2.40. The number of anilines is 1. The number of cyclic esters (lactones) is 1. The molecule has 0 bridgehead atoms. The molecular weight excluding hydrogens is 597 g/mol. The number of halogens is 3. The number of morpholine rings is 1. The molecule has 11 heteroatoms. The van der Waals surface area contributed by atoms with E-state index in [2.05, 4.69) is 23.8 Å². The molecule has 2 heterocycles. The van der Waals surface area contributed by atoms with E-state index in [1.807, 2.05) is 43.6 Å². The topological polar surface area (TPSA) is 87.9 Å². The monoisotopic (exact) mass is 644 g/mol. The van der Waals surface area contributed by atoms with Gasteiger partial charge in [0, 0.05) is 48.6 Å². The van der Waals surface area contributed by atoms with Crippen LogP contribution in [0.2, 0.25) is 0 Å². The summed E-state index contributed by atoms with van der Waals surface area (Å²) in [6.07, 6.45) is 2.02. The summed E-state index contributed by atoms with van der Waals surface area (Å²) in [5.41, 5.74) is 1.17. The number of nitrogens with zero attached hydrogens (tertiary/aromatic N) is 4. The normalized spacial score (nSPS) is 17.3. The molecule has 0 saturated carbocycles. The first-order chi connectivity index (χ1) is 21.7. The van der Waals surface area contributed by atoms with E-state index in [-0.39, 0.29) is 24.1 Å². The van der Waals surface area contributed by atoms with Crippen molar-refractivity contribution in [1.82, 2.24) is 14.7 Å². The van der Waals surface area contributed by atoms with E-state index >= 15 is 0 Å². The molecule has 0 radical (unpaired) electrons. The SMILES string of the molecule is CCC(C)n1cc(CN(C)CCC2(CC)CN(c3ccc(C(=O)O)cc3)CC(=O)O2)c(-c2cccc(C(F)(F)F)c2)n1.CCCC. The number of carboxylic acid groups (broad SMARTS) is 1. The van der Waals surface area contributed by atoms with Gasteiger partial charge in [-0.2, -0.15) is 18.3 Å². The number of benzene rings is 2. The van der Waals surface area contributed by atoms with Gasteiger partial charge in [-0.1, -0.05) is 52.7 Å². The molecule has 0 amide bonds. The second-order valence-corrected chi connectivity index (χ2v) is 12.0. The quantitative estimate of drug-likeness (QED) is 0.200. The van der Waals surface area contributed by atoms with Gasteiger partial charge in [0.05, 0.1) is 23.4 Å². The number of carbonyl (C=O) groups is 2. The van der Waals surface area contributed by atoms with Gasteiger partial charge in [-0.3, -0.25) is 9.48 Å². The molecule has 1 fully saturated rings. The van der Waals surface area contributed by atoms with E-state index in [9.17, 15) is 27.9 Å². The molecule has 0 spiro atoms.